The molecule has 0 aromatic heterocycles. The number of halogens is 3. The fraction of sp³-hybridized carbons (Fsp3) is 0.263. The van der Waals surface area contributed by atoms with Crippen LogP contribution >= 0.6 is 11.8 Å². The molecule has 1 N–H and O–H groups in total. The molecular weight excluding hydrogens is 393 g/mol. The molecule has 1 aliphatic heterocycles. The van der Waals surface area contributed by atoms with Crippen LogP contribution in [0, 0.1) is 0 Å². The van der Waals surface area contributed by atoms with E-state index in [0.29, 0.717) is 6.54 Å². The standard InChI is InChI=1S/C19H17F3N2O3S/c20-19(21,22)27-14-5-3-4-13(12-14)23-17(25)8-9-18(26)24-10-11-28-16-7-2-1-6-15(16)24/h1-7,12H,8-11H2,(H,23,25). The molecule has 0 spiro atoms. The minimum absolute atomic E-state index is 0.00355. The number of carbonyl (C=O) groups is 2. The van der Waals surface area contributed by atoms with Crippen molar-refractivity contribution in [3.63, 3.8) is 0 Å². The molecule has 0 bridgehead atoms. The van der Waals surface area contributed by atoms with Crippen molar-refractivity contribution in [2.24, 2.45) is 0 Å². The monoisotopic (exact) mass is 410 g/mol. The fourth-order valence-electron chi connectivity index (χ4n) is 2.78. The number of rotatable bonds is 5. The van der Waals surface area contributed by atoms with E-state index in [-0.39, 0.29) is 24.4 Å². The number of anilines is 2. The minimum atomic E-state index is -4.81. The summed E-state index contributed by atoms with van der Waals surface area (Å²) in [5.74, 6) is -0.279. The van der Waals surface area contributed by atoms with Crippen molar-refractivity contribution in [1.29, 1.82) is 0 Å². The van der Waals surface area contributed by atoms with E-state index in [2.05, 4.69) is 10.1 Å². The first-order valence-electron chi connectivity index (χ1n) is 8.50. The first-order valence-corrected chi connectivity index (χ1v) is 9.48. The van der Waals surface area contributed by atoms with Crippen molar-refractivity contribution < 1.29 is 27.5 Å². The normalized spacial score (nSPS) is 13.6. The van der Waals surface area contributed by atoms with E-state index in [1.54, 1.807) is 16.7 Å². The van der Waals surface area contributed by atoms with Crippen LogP contribution in [0.5, 0.6) is 5.75 Å². The number of amides is 2. The Balaban J connectivity index is 1.55. The van der Waals surface area contributed by atoms with Crippen LogP contribution in [0.4, 0.5) is 24.5 Å². The van der Waals surface area contributed by atoms with Gasteiger partial charge in [-0.25, -0.2) is 0 Å². The molecule has 1 aliphatic rings. The van der Waals surface area contributed by atoms with Gasteiger partial charge in [-0.15, -0.1) is 24.9 Å². The molecule has 0 atom stereocenters. The number of para-hydroxylation sites is 1. The number of hydrogen-bond acceptors (Lipinski definition) is 4. The van der Waals surface area contributed by atoms with Crippen LogP contribution in [0.2, 0.25) is 0 Å². The third kappa shape index (κ3) is 5.41. The molecule has 0 fully saturated rings. The van der Waals surface area contributed by atoms with Gasteiger partial charge >= 0.3 is 6.36 Å². The maximum Gasteiger partial charge on any atom is 0.573 e. The molecule has 0 aliphatic carbocycles. The zero-order valence-corrected chi connectivity index (χ0v) is 15.5. The Morgan fingerprint density at radius 1 is 1.11 bits per heavy atom. The minimum Gasteiger partial charge on any atom is -0.406 e. The second-order valence-electron chi connectivity index (χ2n) is 5.99. The van der Waals surface area contributed by atoms with Gasteiger partial charge in [0, 0.05) is 41.8 Å². The molecule has 2 aromatic rings. The molecule has 0 saturated carbocycles. The number of nitrogens with zero attached hydrogens (tertiary/aromatic N) is 1. The van der Waals surface area contributed by atoms with Crippen LogP contribution in [-0.2, 0) is 9.59 Å². The highest BCUT2D eigenvalue weighted by Crippen LogP contribution is 2.34. The molecule has 148 valence electrons. The number of benzene rings is 2. The van der Waals surface area contributed by atoms with Gasteiger partial charge < -0.3 is 15.0 Å². The molecular formula is C19H17F3N2O3S. The molecule has 1 heterocycles. The average Bonchev–Trinajstić information content (AvgIpc) is 2.64. The highest BCUT2D eigenvalue weighted by atomic mass is 32.2. The number of carbonyl (C=O) groups excluding carboxylic acids is 2. The predicted molar refractivity (Wildman–Crippen MR) is 101 cm³/mol. The van der Waals surface area contributed by atoms with Crippen molar-refractivity contribution in [3.8, 4) is 5.75 Å². The van der Waals surface area contributed by atoms with Crippen LogP contribution in [0.3, 0.4) is 0 Å². The van der Waals surface area contributed by atoms with Gasteiger partial charge in [0.2, 0.25) is 11.8 Å². The number of thioether (sulfide) groups is 1. The first kappa shape index (κ1) is 20.1. The summed E-state index contributed by atoms with van der Waals surface area (Å²) in [5.41, 5.74) is 1.00. The van der Waals surface area contributed by atoms with Crippen molar-refractivity contribution in [2.75, 3.05) is 22.5 Å². The van der Waals surface area contributed by atoms with Crippen molar-refractivity contribution in [3.05, 3.63) is 48.5 Å². The number of ether oxygens (including phenoxy) is 1. The molecule has 5 nitrogen and oxygen atoms in total. The highest BCUT2D eigenvalue weighted by molar-refractivity contribution is 7.99. The third-order valence-electron chi connectivity index (χ3n) is 3.95. The van der Waals surface area contributed by atoms with E-state index in [1.165, 1.54) is 12.1 Å². The van der Waals surface area contributed by atoms with Crippen LogP contribution in [0.15, 0.2) is 53.4 Å². The van der Waals surface area contributed by atoms with Crippen molar-refractivity contribution in [2.45, 2.75) is 24.1 Å². The summed E-state index contributed by atoms with van der Waals surface area (Å²) in [5, 5.41) is 2.48. The number of hydrogen-bond donors (Lipinski definition) is 1. The lowest BCUT2D eigenvalue weighted by Gasteiger charge is -2.29. The van der Waals surface area contributed by atoms with Crippen LogP contribution < -0.4 is 15.0 Å². The van der Waals surface area contributed by atoms with Crippen LogP contribution in [0.1, 0.15) is 12.8 Å². The summed E-state index contributed by atoms with van der Waals surface area (Å²) in [7, 11) is 0. The smallest absolute Gasteiger partial charge is 0.406 e. The molecule has 0 unspecified atom stereocenters. The van der Waals surface area contributed by atoms with E-state index in [4.69, 9.17) is 0 Å². The quantitative estimate of drug-likeness (QED) is 0.792. The van der Waals surface area contributed by atoms with Crippen LogP contribution in [-0.4, -0.2) is 30.5 Å². The predicted octanol–water partition coefficient (Wildman–Crippen LogP) is 4.44. The van der Waals surface area contributed by atoms with Gasteiger partial charge in [0.05, 0.1) is 5.69 Å². The number of fused-ring (bicyclic) bond motifs is 1. The SMILES string of the molecule is O=C(CCC(=O)N1CCSc2ccccc21)Nc1cccc(OC(F)(F)F)c1. The van der Waals surface area contributed by atoms with Gasteiger partial charge in [-0.05, 0) is 24.3 Å². The highest BCUT2D eigenvalue weighted by Gasteiger charge is 2.31. The lowest BCUT2D eigenvalue weighted by molar-refractivity contribution is -0.274. The summed E-state index contributed by atoms with van der Waals surface area (Å²) < 4.78 is 40.6. The maximum absolute atomic E-state index is 12.5. The summed E-state index contributed by atoms with van der Waals surface area (Å²) in [4.78, 5) is 27.3. The van der Waals surface area contributed by atoms with Gasteiger partial charge in [0.15, 0.2) is 0 Å². The summed E-state index contributed by atoms with van der Waals surface area (Å²) >= 11 is 1.68. The lowest BCUT2D eigenvalue weighted by atomic mass is 10.2. The molecule has 0 radical (unpaired) electrons. The average molecular weight is 410 g/mol. The molecule has 28 heavy (non-hydrogen) atoms. The second kappa shape index (κ2) is 8.55. The second-order valence-corrected chi connectivity index (χ2v) is 7.12. The van der Waals surface area contributed by atoms with Crippen molar-refractivity contribution >= 4 is 35.0 Å². The summed E-state index contributed by atoms with van der Waals surface area (Å²) in [6.45, 7) is 0.568. The first-order chi connectivity index (χ1) is 13.3. The van der Waals surface area contributed by atoms with Crippen LogP contribution in [0.25, 0.3) is 0 Å². The summed E-state index contributed by atoms with van der Waals surface area (Å²) in [6.07, 6.45) is -4.88. The number of nitrogens with one attached hydrogen (secondary N) is 1. The Bertz CT molecular complexity index is 873. The van der Waals surface area contributed by atoms with E-state index < -0.39 is 18.0 Å². The lowest BCUT2D eigenvalue weighted by Crippen LogP contribution is -2.35. The Labute approximate surface area is 163 Å². The van der Waals surface area contributed by atoms with E-state index >= 15 is 0 Å². The Morgan fingerprint density at radius 2 is 1.89 bits per heavy atom. The van der Waals surface area contributed by atoms with Gasteiger partial charge in [0.1, 0.15) is 5.75 Å². The molecule has 2 amide bonds. The van der Waals surface area contributed by atoms with E-state index in [0.717, 1.165) is 28.5 Å². The maximum atomic E-state index is 12.5. The Kier molecular flexibility index (Phi) is 6.13. The zero-order chi connectivity index (χ0) is 20.1. The topological polar surface area (TPSA) is 58.6 Å². The van der Waals surface area contributed by atoms with Gasteiger partial charge in [-0.3, -0.25) is 9.59 Å². The van der Waals surface area contributed by atoms with Gasteiger partial charge in [-0.1, -0.05) is 18.2 Å². The molecule has 9 heteroatoms. The van der Waals surface area contributed by atoms with Crippen molar-refractivity contribution in [1.82, 2.24) is 0 Å². The molecule has 3 rings (SSSR count). The summed E-state index contributed by atoms with van der Waals surface area (Å²) in [6, 6.07) is 12.6. The largest absolute Gasteiger partial charge is 0.573 e. The van der Waals surface area contributed by atoms with E-state index in [9.17, 15) is 22.8 Å². The molecule has 2 aromatic carbocycles. The van der Waals surface area contributed by atoms with Gasteiger partial charge in [-0.2, -0.15) is 0 Å². The Hall–Kier alpha value is -2.68. The third-order valence-corrected chi connectivity index (χ3v) is 4.99. The zero-order valence-electron chi connectivity index (χ0n) is 14.7. The fourth-order valence-corrected chi connectivity index (χ4v) is 3.77. The van der Waals surface area contributed by atoms with Gasteiger partial charge in [0.25, 0.3) is 0 Å². The van der Waals surface area contributed by atoms with E-state index in [1.807, 2.05) is 24.3 Å². The number of alkyl halides is 3. The Morgan fingerprint density at radius 3 is 2.68 bits per heavy atom. The molecule has 0 saturated heterocycles.